The Bertz CT molecular complexity index is 571. The molecule has 2 N–H and O–H groups in total. The number of hydrogen-bond acceptors (Lipinski definition) is 5. The minimum absolute atomic E-state index is 0.00929. The van der Waals surface area contributed by atoms with Gasteiger partial charge in [-0.2, -0.15) is 5.10 Å². The molecule has 0 saturated heterocycles. The number of benzene rings is 1. The van der Waals surface area contributed by atoms with E-state index in [1.807, 2.05) is 30.3 Å². The summed E-state index contributed by atoms with van der Waals surface area (Å²) in [5.74, 6) is 0. The van der Waals surface area contributed by atoms with Crippen molar-refractivity contribution in [3.63, 3.8) is 0 Å². The minimum atomic E-state index is -0.463. The van der Waals surface area contributed by atoms with Gasteiger partial charge in [0.1, 0.15) is 12.4 Å². The lowest BCUT2D eigenvalue weighted by molar-refractivity contribution is -0.385. The van der Waals surface area contributed by atoms with Gasteiger partial charge in [0.05, 0.1) is 11.5 Å². The van der Waals surface area contributed by atoms with Crippen molar-refractivity contribution in [2.45, 2.75) is 19.0 Å². The van der Waals surface area contributed by atoms with E-state index < -0.39 is 4.92 Å². The van der Waals surface area contributed by atoms with Crippen molar-refractivity contribution < 1.29 is 10.0 Å². The summed E-state index contributed by atoms with van der Waals surface area (Å²) in [7, 11) is 0. The van der Waals surface area contributed by atoms with Crippen molar-refractivity contribution >= 4 is 5.69 Å². The average molecular weight is 290 g/mol. The Morgan fingerprint density at radius 3 is 2.76 bits per heavy atom. The van der Waals surface area contributed by atoms with Crippen molar-refractivity contribution in [3.05, 3.63) is 58.4 Å². The van der Waals surface area contributed by atoms with E-state index in [1.165, 1.54) is 17.1 Å². The first-order valence-electron chi connectivity index (χ1n) is 6.76. The van der Waals surface area contributed by atoms with Crippen molar-refractivity contribution in [2.75, 3.05) is 13.2 Å². The van der Waals surface area contributed by atoms with E-state index in [2.05, 4.69) is 10.4 Å². The second-order valence-electron chi connectivity index (χ2n) is 4.65. The molecule has 0 fully saturated rings. The number of hydrogen-bond donors (Lipinski definition) is 2. The maximum atomic E-state index is 10.6. The highest BCUT2D eigenvalue weighted by Crippen LogP contribution is 2.15. The lowest BCUT2D eigenvalue weighted by atomic mass is 10.0. The first kappa shape index (κ1) is 15.1. The smallest absolute Gasteiger partial charge is 0.306 e. The Balaban J connectivity index is 1.88. The molecule has 112 valence electrons. The fourth-order valence-corrected chi connectivity index (χ4v) is 2.12. The number of nitrogens with zero attached hydrogens (tertiary/aromatic N) is 3. The molecule has 0 aliphatic heterocycles. The molecule has 21 heavy (non-hydrogen) atoms. The molecule has 1 heterocycles. The van der Waals surface area contributed by atoms with Crippen LogP contribution in [-0.2, 0) is 6.54 Å². The van der Waals surface area contributed by atoms with Crippen LogP contribution in [0.1, 0.15) is 18.0 Å². The summed E-state index contributed by atoms with van der Waals surface area (Å²) in [6, 6.07) is 9.93. The van der Waals surface area contributed by atoms with Crippen molar-refractivity contribution in [3.8, 4) is 0 Å². The van der Waals surface area contributed by atoms with Crippen LogP contribution in [-0.4, -0.2) is 33.0 Å². The van der Waals surface area contributed by atoms with Crippen LogP contribution in [0.15, 0.2) is 42.7 Å². The van der Waals surface area contributed by atoms with Gasteiger partial charge in [-0.05, 0) is 12.0 Å². The number of rotatable bonds is 8. The van der Waals surface area contributed by atoms with E-state index in [0.717, 1.165) is 5.56 Å². The molecule has 0 aliphatic rings. The van der Waals surface area contributed by atoms with Crippen LogP contribution in [0.4, 0.5) is 5.69 Å². The van der Waals surface area contributed by atoms with E-state index >= 15 is 0 Å². The maximum absolute atomic E-state index is 10.6. The van der Waals surface area contributed by atoms with Crippen molar-refractivity contribution in [2.24, 2.45) is 0 Å². The highest BCUT2D eigenvalue weighted by molar-refractivity contribution is 5.21. The first-order chi connectivity index (χ1) is 10.2. The molecule has 2 rings (SSSR count). The van der Waals surface area contributed by atoms with Gasteiger partial charge in [0.25, 0.3) is 0 Å². The maximum Gasteiger partial charge on any atom is 0.306 e. The third-order valence-electron chi connectivity index (χ3n) is 3.18. The number of nitrogens with one attached hydrogen (secondary N) is 1. The zero-order valence-corrected chi connectivity index (χ0v) is 11.6. The predicted molar refractivity (Wildman–Crippen MR) is 77.8 cm³/mol. The Kier molecular flexibility index (Phi) is 5.42. The number of nitro groups is 1. The van der Waals surface area contributed by atoms with E-state index in [9.17, 15) is 10.1 Å². The highest BCUT2D eigenvalue weighted by Gasteiger charge is 2.11. The topological polar surface area (TPSA) is 93.2 Å². The normalized spacial score (nSPS) is 12.2. The molecule has 1 unspecified atom stereocenters. The molecule has 0 aliphatic carbocycles. The minimum Gasteiger partial charge on any atom is -0.396 e. The average Bonchev–Trinajstić information content (AvgIpc) is 2.96. The van der Waals surface area contributed by atoms with Crippen molar-refractivity contribution in [1.82, 2.24) is 15.1 Å². The van der Waals surface area contributed by atoms with Crippen LogP contribution < -0.4 is 5.32 Å². The second kappa shape index (κ2) is 7.51. The largest absolute Gasteiger partial charge is 0.396 e. The molecule has 7 nitrogen and oxygen atoms in total. The Morgan fingerprint density at radius 1 is 1.38 bits per heavy atom. The summed E-state index contributed by atoms with van der Waals surface area (Å²) in [6.07, 6.45) is 3.26. The third kappa shape index (κ3) is 4.37. The molecule has 1 aromatic carbocycles. The molecule has 0 radical (unpaired) electrons. The molecule has 0 spiro atoms. The van der Waals surface area contributed by atoms with Gasteiger partial charge < -0.3 is 10.4 Å². The third-order valence-corrected chi connectivity index (χ3v) is 3.18. The summed E-state index contributed by atoms with van der Waals surface area (Å²) in [5.41, 5.74) is 1.10. The summed E-state index contributed by atoms with van der Waals surface area (Å²) in [5, 5.41) is 27.0. The number of aliphatic hydroxyl groups is 1. The van der Waals surface area contributed by atoms with Gasteiger partial charge in [-0.15, -0.1) is 0 Å². The fourth-order valence-electron chi connectivity index (χ4n) is 2.12. The van der Waals surface area contributed by atoms with Crippen molar-refractivity contribution in [1.29, 1.82) is 0 Å². The lowest BCUT2D eigenvalue weighted by Gasteiger charge is -2.18. The molecule has 1 atom stereocenters. The quantitative estimate of drug-likeness (QED) is 0.567. The Labute approximate surface area is 122 Å². The zero-order chi connectivity index (χ0) is 15.1. The van der Waals surface area contributed by atoms with Crippen LogP contribution in [0.3, 0.4) is 0 Å². The summed E-state index contributed by atoms with van der Waals surface area (Å²) >= 11 is 0. The van der Waals surface area contributed by atoms with E-state index in [1.54, 1.807) is 0 Å². The standard InChI is InChI=1S/C14H18N4O3/c19-9-6-14(12-4-2-1-3-5-12)15-7-8-17-11-13(10-16-17)18(20)21/h1-5,10-11,14-15,19H,6-9H2. The Hall–Kier alpha value is -2.25. The van der Waals surface area contributed by atoms with Gasteiger partial charge in [-0.1, -0.05) is 30.3 Å². The molecule has 2 aromatic rings. The van der Waals surface area contributed by atoms with E-state index in [-0.39, 0.29) is 18.3 Å². The molecule has 0 amide bonds. The van der Waals surface area contributed by atoms with Gasteiger partial charge in [0.15, 0.2) is 0 Å². The zero-order valence-electron chi connectivity index (χ0n) is 11.6. The molecular formula is C14H18N4O3. The van der Waals surface area contributed by atoms with E-state index in [4.69, 9.17) is 5.11 Å². The van der Waals surface area contributed by atoms with Crippen LogP contribution in [0.2, 0.25) is 0 Å². The lowest BCUT2D eigenvalue weighted by Crippen LogP contribution is -2.26. The predicted octanol–water partition coefficient (Wildman–Crippen LogP) is 1.50. The van der Waals surface area contributed by atoms with Gasteiger partial charge in [-0.25, -0.2) is 0 Å². The highest BCUT2D eigenvalue weighted by atomic mass is 16.6. The van der Waals surface area contributed by atoms with Crippen LogP contribution >= 0.6 is 0 Å². The molecular weight excluding hydrogens is 272 g/mol. The number of aliphatic hydroxyl groups excluding tert-OH is 1. The van der Waals surface area contributed by atoms with Crippen LogP contribution in [0.25, 0.3) is 0 Å². The monoisotopic (exact) mass is 290 g/mol. The summed E-state index contributed by atoms with van der Waals surface area (Å²) in [6.45, 7) is 1.24. The Morgan fingerprint density at radius 2 is 2.14 bits per heavy atom. The SMILES string of the molecule is O=[N+]([O-])c1cnn(CCNC(CCO)c2ccccc2)c1. The van der Waals surface area contributed by atoms with Gasteiger partial charge in [0, 0.05) is 19.2 Å². The first-order valence-corrected chi connectivity index (χ1v) is 6.76. The van der Waals surface area contributed by atoms with Crippen LogP contribution in [0.5, 0.6) is 0 Å². The second-order valence-corrected chi connectivity index (χ2v) is 4.65. The number of aromatic nitrogens is 2. The fraction of sp³-hybridized carbons (Fsp3) is 0.357. The van der Waals surface area contributed by atoms with Gasteiger partial charge in [0.2, 0.25) is 0 Å². The molecule has 0 saturated carbocycles. The van der Waals surface area contributed by atoms with Crippen LogP contribution in [0, 0.1) is 10.1 Å². The molecule has 0 bridgehead atoms. The summed E-state index contributed by atoms with van der Waals surface area (Å²) in [4.78, 5) is 10.1. The van der Waals surface area contributed by atoms with Gasteiger partial charge in [-0.3, -0.25) is 14.8 Å². The molecule has 1 aromatic heterocycles. The van der Waals surface area contributed by atoms with E-state index in [0.29, 0.717) is 19.5 Å². The summed E-state index contributed by atoms with van der Waals surface area (Å²) < 4.78 is 1.53. The molecule has 7 heteroatoms. The van der Waals surface area contributed by atoms with Gasteiger partial charge >= 0.3 is 5.69 Å².